The van der Waals surface area contributed by atoms with Crippen molar-refractivity contribution in [2.75, 3.05) is 6.54 Å². The highest BCUT2D eigenvalue weighted by Crippen LogP contribution is 2.16. The van der Waals surface area contributed by atoms with E-state index < -0.39 is 6.04 Å². The van der Waals surface area contributed by atoms with Gasteiger partial charge in [0.25, 0.3) is 0 Å². The van der Waals surface area contributed by atoms with E-state index in [0.717, 1.165) is 16.7 Å². The van der Waals surface area contributed by atoms with Gasteiger partial charge in [0.2, 0.25) is 11.8 Å². The van der Waals surface area contributed by atoms with Gasteiger partial charge < -0.3 is 10.2 Å². The van der Waals surface area contributed by atoms with Gasteiger partial charge in [0.05, 0.1) is 6.42 Å². The molecule has 1 N–H and O–H groups in total. The number of nitrogens with one attached hydrogen (secondary N) is 1. The van der Waals surface area contributed by atoms with Crippen LogP contribution in [0.3, 0.4) is 0 Å². The summed E-state index contributed by atoms with van der Waals surface area (Å²) in [7, 11) is 0. The standard InChI is InChI=1S/C24H31FN2O2/c1-5-22(24(29)26-15-17(2)3)27(16-19-10-12-21(25)13-11-19)23(28)14-20-9-7-6-8-18(20)4/h6-13,17,22H,5,14-16H2,1-4H3,(H,26,29)/t22-/m0/s1. The maximum Gasteiger partial charge on any atom is 0.242 e. The van der Waals surface area contributed by atoms with E-state index >= 15 is 0 Å². The first-order chi connectivity index (χ1) is 13.8. The maximum atomic E-state index is 13.3. The summed E-state index contributed by atoms with van der Waals surface area (Å²) in [6, 6.07) is 13.2. The van der Waals surface area contributed by atoms with E-state index in [1.54, 1.807) is 17.0 Å². The monoisotopic (exact) mass is 398 g/mol. The first-order valence-electron chi connectivity index (χ1n) is 10.2. The average Bonchev–Trinajstić information content (AvgIpc) is 2.69. The topological polar surface area (TPSA) is 49.4 Å². The van der Waals surface area contributed by atoms with Crippen molar-refractivity contribution in [1.29, 1.82) is 0 Å². The number of benzene rings is 2. The Morgan fingerprint density at radius 2 is 1.72 bits per heavy atom. The zero-order chi connectivity index (χ0) is 21.4. The van der Waals surface area contributed by atoms with Gasteiger partial charge in [0.15, 0.2) is 0 Å². The molecule has 0 unspecified atom stereocenters. The van der Waals surface area contributed by atoms with E-state index in [0.29, 0.717) is 18.9 Å². The highest BCUT2D eigenvalue weighted by molar-refractivity contribution is 5.88. The molecule has 0 bridgehead atoms. The first-order valence-corrected chi connectivity index (χ1v) is 10.2. The van der Waals surface area contributed by atoms with E-state index in [1.165, 1.54) is 12.1 Å². The lowest BCUT2D eigenvalue weighted by Crippen LogP contribution is -2.50. The van der Waals surface area contributed by atoms with Crippen LogP contribution in [0.5, 0.6) is 0 Å². The van der Waals surface area contributed by atoms with Crippen LogP contribution in [-0.2, 0) is 22.6 Å². The number of amides is 2. The Balaban J connectivity index is 2.27. The molecule has 5 heteroatoms. The van der Waals surface area contributed by atoms with Gasteiger partial charge in [-0.05, 0) is 48.1 Å². The van der Waals surface area contributed by atoms with Crippen LogP contribution in [0.2, 0.25) is 0 Å². The van der Waals surface area contributed by atoms with Crippen LogP contribution >= 0.6 is 0 Å². The maximum absolute atomic E-state index is 13.3. The predicted octanol–water partition coefficient (Wildman–Crippen LogP) is 4.26. The number of nitrogens with zero attached hydrogens (tertiary/aromatic N) is 1. The molecule has 2 aromatic carbocycles. The van der Waals surface area contributed by atoms with E-state index in [1.807, 2.05) is 52.0 Å². The molecule has 0 aromatic heterocycles. The largest absolute Gasteiger partial charge is 0.354 e. The third-order valence-electron chi connectivity index (χ3n) is 4.94. The van der Waals surface area contributed by atoms with Crippen molar-refractivity contribution in [1.82, 2.24) is 10.2 Å². The highest BCUT2D eigenvalue weighted by atomic mass is 19.1. The van der Waals surface area contributed by atoms with E-state index in [9.17, 15) is 14.0 Å². The van der Waals surface area contributed by atoms with Crippen LogP contribution in [0.1, 0.15) is 43.9 Å². The van der Waals surface area contributed by atoms with Crippen LogP contribution in [0.4, 0.5) is 4.39 Å². The minimum absolute atomic E-state index is 0.116. The second kappa shape index (κ2) is 10.7. The van der Waals surface area contributed by atoms with E-state index in [2.05, 4.69) is 5.32 Å². The fraction of sp³-hybridized carbons (Fsp3) is 0.417. The number of carbonyl (C=O) groups is 2. The van der Waals surface area contributed by atoms with Gasteiger partial charge in [-0.2, -0.15) is 0 Å². The van der Waals surface area contributed by atoms with E-state index in [-0.39, 0.29) is 30.6 Å². The molecule has 4 nitrogen and oxygen atoms in total. The number of aryl methyl sites for hydroxylation is 1. The summed E-state index contributed by atoms with van der Waals surface area (Å²) in [6.07, 6.45) is 0.729. The Bertz CT molecular complexity index is 818. The third kappa shape index (κ3) is 6.70. The number of hydrogen-bond acceptors (Lipinski definition) is 2. The molecule has 0 radical (unpaired) electrons. The van der Waals surface area contributed by atoms with E-state index in [4.69, 9.17) is 0 Å². The SMILES string of the molecule is CC[C@@H](C(=O)NCC(C)C)N(Cc1ccc(F)cc1)C(=O)Cc1ccccc1C. The number of carbonyl (C=O) groups excluding carboxylic acids is 2. The van der Waals surface area contributed by atoms with Crippen molar-refractivity contribution in [2.45, 2.75) is 53.1 Å². The van der Waals surface area contributed by atoms with Crippen molar-refractivity contribution in [2.24, 2.45) is 5.92 Å². The Kier molecular flexibility index (Phi) is 8.37. The second-order valence-corrected chi connectivity index (χ2v) is 7.81. The Morgan fingerprint density at radius 1 is 1.07 bits per heavy atom. The predicted molar refractivity (Wildman–Crippen MR) is 114 cm³/mol. The number of halogens is 1. The normalized spacial score (nSPS) is 11.9. The second-order valence-electron chi connectivity index (χ2n) is 7.81. The molecule has 0 aliphatic carbocycles. The molecular weight excluding hydrogens is 367 g/mol. The molecule has 0 fully saturated rings. The molecule has 0 aliphatic rings. The third-order valence-corrected chi connectivity index (χ3v) is 4.94. The van der Waals surface area contributed by atoms with Gasteiger partial charge in [0.1, 0.15) is 11.9 Å². The van der Waals surface area contributed by atoms with Gasteiger partial charge >= 0.3 is 0 Å². The lowest BCUT2D eigenvalue weighted by molar-refractivity contribution is -0.141. The van der Waals surface area contributed by atoms with Crippen molar-refractivity contribution in [3.63, 3.8) is 0 Å². The van der Waals surface area contributed by atoms with Gasteiger partial charge in [-0.25, -0.2) is 4.39 Å². The summed E-state index contributed by atoms with van der Waals surface area (Å²) in [6.45, 7) is 8.75. The van der Waals surface area contributed by atoms with Crippen LogP contribution in [-0.4, -0.2) is 29.3 Å². The summed E-state index contributed by atoms with van der Waals surface area (Å²) in [4.78, 5) is 27.7. The molecule has 29 heavy (non-hydrogen) atoms. The minimum Gasteiger partial charge on any atom is -0.354 e. The van der Waals surface area contributed by atoms with Crippen molar-refractivity contribution >= 4 is 11.8 Å². The molecule has 0 heterocycles. The van der Waals surface area contributed by atoms with Crippen LogP contribution in [0.25, 0.3) is 0 Å². The Labute approximate surface area is 173 Å². The Hall–Kier alpha value is -2.69. The minimum atomic E-state index is -0.574. The molecule has 2 amide bonds. The number of rotatable bonds is 9. The molecule has 2 aromatic rings. The van der Waals surface area contributed by atoms with Gasteiger partial charge in [-0.1, -0.05) is 57.2 Å². The molecule has 2 rings (SSSR count). The summed E-state index contributed by atoms with van der Waals surface area (Å²) >= 11 is 0. The lowest BCUT2D eigenvalue weighted by atomic mass is 10.0. The van der Waals surface area contributed by atoms with Crippen LogP contribution < -0.4 is 5.32 Å². The summed E-state index contributed by atoms with van der Waals surface area (Å²) in [5.74, 6) is -0.269. The molecule has 1 atom stereocenters. The van der Waals surface area contributed by atoms with Crippen LogP contribution in [0, 0.1) is 18.7 Å². The number of hydrogen-bond donors (Lipinski definition) is 1. The fourth-order valence-electron chi connectivity index (χ4n) is 3.20. The zero-order valence-corrected chi connectivity index (χ0v) is 17.7. The molecular formula is C24H31FN2O2. The van der Waals surface area contributed by atoms with Crippen LogP contribution in [0.15, 0.2) is 48.5 Å². The highest BCUT2D eigenvalue weighted by Gasteiger charge is 2.28. The van der Waals surface area contributed by atoms with Crippen molar-refractivity contribution < 1.29 is 14.0 Å². The molecule has 0 saturated carbocycles. The summed E-state index contributed by atoms with van der Waals surface area (Å²) in [5, 5.41) is 2.95. The quantitative estimate of drug-likeness (QED) is 0.686. The molecule has 0 spiro atoms. The molecule has 0 saturated heterocycles. The average molecular weight is 399 g/mol. The first kappa shape index (κ1) is 22.6. The lowest BCUT2D eigenvalue weighted by Gasteiger charge is -2.31. The van der Waals surface area contributed by atoms with Gasteiger partial charge in [0, 0.05) is 13.1 Å². The smallest absolute Gasteiger partial charge is 0.242 e. The molecule has 156 valence electrons. The summed E-state index contributed by atoms with van der Waals surface area (Å²) in [5.41, 5.74) is 2.78. The fourth-order valence-corrected chi connectivity index (χ4v) is 3.20. The van der Waals surface area contributed by atoms with Crippen molar-refractivity contribution in [3.05, 3.63) is 71.0 Å². The summed E-state index contributed by atoms with van der Waals surface area (Å²) < 4.78 is 13.3. The van der Waals surface area contributed by atoms with Gasteiger partial charge in [-0.15, -0.1) is 0 Å². The van der Waals surface area contributed by atoms with Crippen molar-refractivity contribution in [3.8, 4) is 0 Å². The van der Waals surface area contributed by atoms with Gasteiger partial charge in [-0.3, -0.25) is 9.59 Å². The molecule has 0 aliphatic heterocycles. The Morgan fingerprint density at radius 3 is 2.31 bits per heavy atom. The zero-order valence-electron chi connectivity index (χ0n) is 17.7.